The first-order chi connectivity index (χ1) is 13.9. The van der Waals surface area contributed by atoms with E-state index in [2.05, 4.69) is 10.3 Å². The Morgan fingerprint density at radius 1 is 1.24 bits per heavy atom. The van der Waals surface area contributed by atoms with Crippen molar-refractivity contribution < 1.29 is 18.9 Å². The highest BCUT2D eigenvalue weighted by molar-refractivity contribution is 6.06. The summed E-state index contributed by atoms with van der Waals surface area (Å²) in [6, 6.07) is 12.3. The SMILES string of the molecule is O=C(Nc1cccc2cccnc12)C1CC(=O)N(c2ccc(F)c([N+](=O)[O-])c2)C1. The van der Waals surface area contributed by atoms with Crippen LogP contribution in [0.5, 0.6) is 0 Å². The highest BCUT2D eigenvalue weighted by Crippen LogP contribution is 2.30. The highest BCUT2D eigenvalue weighted by atomic mass is 19.1. The van der Waals surface area contributed by atoms with Gasteiger partial charge in [0.15, 0.2) is 0 Å². The zero-order valence-corrected chi connectivity index (χ0v) is 15.0. The molecule has 2 aromatic carbocycles. The van der Waals surface area contributed by atoms with E-state index in [1.165, 1.54) is 11.0 Å². The summed E-state index contributed by atoms with van der Waals surface area (Å²) in [5.74, 6) is -2.34. The van der Waals surface area contributed by atoms with E-state index in [1.54, 1.807) is 24.4 Å². The molecule has 1 fully saturated rings. The number of anilines is 2. The minimum atomic E-state index is -0.983. The molecule has 1 N–H and O–H groups in total. The number of hydrogen-bond donors (Lipinski definition) is 1. The van der Waals surface area contributed by atoms with Crippen LogP contribution in [0.25, 0.3) is 10.9 Å². The Bertz CT molecular complexity index is 1150. The predicted molar refractivity (Wildman–Crippen MR) is 104 cm³/mol. The molecule has 2 heterocycles. The van der Waals surface area contributed by atoms with E-state index in [0.29, 0.717) is 11.2 Å². The maximum atomic E-state index is 13.6. The molecule has 1 atom stereocenters. The summed E-state index contributed by atoms with van der Waals surface area (Å²) in [6.07, 6.45) is 1.58. The number of amides is 2. The Labute approximate surface area is 164 Å². The number of nitrogens with one attached hydrogen (secondary N) is 1. The normalized spacial score (nSPS) is 16.2. The molecule has 0 aliphatic carbocycles. The zero-order valence-electron chi connectivity index (χ0n) is 15.0. The van der Waals surface area contributed by atoms with Crippen molar-refractivity contribution in [3.63, 3.8) is 0 Å². The first kappa shape index (κ1) is 18.5. The number of fused-ring (bicyclic) bond motifs is 1. The molecule has 0 bridgehead atoms. The monoisotopic (exact) mass is 394 g/mol. The number of carbonyl (C=O) groups excluding carboxylic acids is 2. The number of nitrogens with zero attached hydrogens (tertiary/aromatic N) is 3. The van der Waals surface area contributed by atoms with Gasteiger partial charge >= 0.3 is 5.69 Å². The fraction of sp³-hybridized carbons (Fsp3) is 0.150. The van der Waals surface area contributed by atoms with E-state index < -0.39 is 22.3 Å². The highest BCUT2D eigenvalue weighted by Gasteiger charge is 2.36. The fourth-order valence-electron chi connectivity index (χ4n) is 3.38. The van der Waals surface area contributed by atoms with Crippen LogP contribution in [0.15, 0.2) is 54.7 Å². The average Bonchev–Trinajstić information content (AvgIpc) is 3.10. The molecule has 1 aliphatic rings. The summed E-state index contributed by atoms with van der Waals surface area (Å²) in [4.78, 5) is 40.8. The van der Waals surface area contributed by atoms with Crippen LogP contribution in [0.3, 0.4) is 0 Å². The Balaban J connectivity index is 1.54. The van der Waals surface area contributed by atoms with Gasteiger partial charge < -0.3 is 10.2 Å². The van der Waals surface area contributed by atoms with Crippen LogP contribution in [0.4, 0.5) is 21.5 Å². The molecular formula is C20H15FN4O4. The van der Waals surface area contributed by atoms with E-state index in [-0.39, 0.29) is 30.5 Å². The van der Waals surface area contributed by atoms with Gasteiger partial charge in [0.25, 0.3) is 0 Å². The van der Waals surface area contributed by atoms with Crippen molar-refractivity contribution in [2.45, 2.75) is 6.42 Å². The molecule has 9 heteroatoms. The Hall–Kier alpha value is -3.88. The summed E-state index contributed by atoms with van der Waals surface area (Å²) in [5.41, 5.74) is 0.644. The standard InChI is InChI=1S/C20H15FN4O4/c21-15-7-6-14(10-17(15)25(28)29)24-11-13(9-18(24)26)20(27)23-16-5-1-3-12-4-2-8-22-19(12)16/h1-8,10,13H,9,11H2,(H,23,27). The topological polar surface area (TPSA) is 105 Å². The molecule has 8 nitrogen and oxygen atoms in total. The van der Waals surface area contributed by atoms with Gasteiger partial charge in [-0.2, -0.15) is 4.39 Å². The van der Waals surface area contributed by atoms with Gasteiger partial charge in [0.1, 0.15) is 0 Å². The number of aromatic nitrogens is 1. The number of carbonyl (C=O) groups is 2. The van der Waals surface area contributed by atoms with Crippen LogP contribution in [0.2, 0.25) is 0 Å². The van der Waals surface area contributed by atoms with E-state index >= 15 is 0 Å². The molecule has 1 aliphatic heterocycles. The van der Waals surface area contributed by atoms with Crippen molar-refractivity contribution in [1.29, 1.82) is 0 Å². The third-order valence-corrected chi connectivity index (χ3v) is 4.82. The molecule has 29 heavy (non-hydrogen) atoms. The van der Waals surface area contributed by atoms with Crippen LogP contribution in [-0.2, 0) is 9.59 Å². The summed E-state index contributed by atoms with van der Waals surface area (Å²) < 4.78 is 13.6. The second kappa shape index (κ2) is 7.27. The van der Waals surface area contributed by atoms with Crippen molar-refractivity contribution in [3.8, 4) is 0 Å². The number of benzene rings is 2. The number of hydrogen-bond acceptors (Lipinski definition) is 5. The largest absolute Gasteiger partial charge is 0.324 e. The molecule has 2 amide bonds. The molecule has 3 aromatic rings. The lowest BCUT2D eigenvalue weighted by Crippen LogP contribution is -2.28. The molecule has 0 saturated carbocycles. The summed E-state index contributed by atoms with van der Waals surface area (Å²) in [5, 5.41) is 14.6. The zero-order chi connectivity index (χ0) is 20.5. The Morgan fingerprint density at radius 3 is 2.83 bits per heavy atom. The first-order valence-electron chi connectivity index (χ1n) is 8.83. The maximum absolute atomic E-state index is 13.6. The van der Waals surface area contributed by atoms with Gasteiger partial charge in [0.05, 0.1) is 27.7 Å². The lowest BCUT2D eigenvalue weighted by atomic mass is 10.1. The lowest BCUT2D eigenvalue weighted by molar-refractivity contribution is -0.387. The van der Waals surface area contributed by atoms with E-state index in [0.717, 1.165) is 17.5 Å². The van der Waals surface area contributed by atoms with Crippen LogP contribution in [0, 0.1) is 21.8 Å². The van der Waals surface area contributed by atoms with E-state index in [4.69, 9.17) is 0 Å². The second-order valence-corrected chi connectivity index (χ2v) is 6.67. The smallest absolute Gasteiger partial charge is 0.306 e. The molecule has 0 spiro atoms. The fourth-order valence-corrected chi connectivity index (χ4v) is 3.38. The third-order valence-electron chi connectivity index (χ3n) is 4.82. The maximum Gasteiger partial charge on any atom is 0.306 e. The van der Waals surface area contributed by atoms with Gasteiger partial charge in [-0.05, 0) is 24.3 Å². The number of para-hydroxylation sites is 1. The van der Waals surface area contributed by atoms with Gasteiger partial charge in [-0.1, -0.05) is 18.2 Å². The molecule has 146 valence electrons. The van der Waals surface area contributed by atoms with Crippen molar-refractivity contribution in [2.75, 3.05) is 16.8 Å². The predicted octanol–water partition coefficient (Wildman–Crippen LogP) is 3.27. The molecule has 0 radical (unpaired) electrons. The molecular weight excluding hydrogens is 379 g/mol. The minimum absolute atomic E-state index is 0.0464. The van der Waals surface area contributed by atoms with Crippen molar-refractivity contribution in [1.82, 2.24) is 4.98 Å². The van der Waals surface area contributed by atoms with E-state index in [1.807, 2.05) is 12.1 Å². The van der Waals surface area contributed by atoms with Crippen LogP contribution in [0.1, 0.15) is 6.42 Å². The van der Waals surface area contributed by atoms with Gasteiger partial charge in [0, 0.05) is 30.6 Å². The summed E-state index contributed by atoms with van der Waals surface area (Å²) in [6.45, 7) is 0.0473. The molecule has 1 aromatic heterocycles. The van der Waals surface area contributed by atoms with Crippen molar-refractivity contribution >= 4 is 39.8 Å². The van der Waals surface area contributed by atoms with Gasteiger partial charge in [-0.15, -0.1) is 0 Å². The number of nitro benzene ring substituents is 1. The summed E-state index contributed by atoms with van der Waals surface area (Å²) >= 11 is 0. The van der Waals surface area contributed by atoms with Crippen molar-refractivity contribution in [3.05, 3.63) is 70.7 Å². The Morgan fingerprint density at radius 2 is 2.03 bits per heavy atom. The van der Waals surface area contributed by atoms with Crippen LogP contribution in [-0.4, -0.2) is 28.3 Å². The van der Waals surface area contributed by atoms with Gasteiger partial charge in [-0.25, -0.2) is 0 Å². The van der Waals surface area contributed by atoms with Crippen LogP contribution >= 0.6 is 0 Å². The molecule has 1 saturated heterocycles. The van der Waals surface area contributed by atoms with Gasteiger partial charge in [0.2, 0.25) is 17.6 Å². The molecule has 1 unspecified atom stereocenters. The minimum Gasteiger partial charge on any atom is -0.324 e. The molecule has 4 rings (SSSR count). The Kier molecular flexibility index (Phi) is 4.63. The second-order valence-electron chi connectivity index (χ2n) is 6.67. The average molecular weight is 394 g/mol. The third kappa shape index (κ3) is 3.49. The number of pyridine rings is 1. The number of halogens is 1. The van der Waals surface area contributed by atoms with Gasteiger partial charge in [-0.3, -0.25) is 24.7 Å². The first-order valence-corrected chi connectivity index (χ1v) is 8.83. The quantitative estimate of drug-likeness (QED) is 0.540. The van der Waals surface area contributed by atoms with Crippen molar-refractivity contribution in [2.24, 2.45) is 5.92 Å². The summed E-state index contributed by atoms with van der Waals surface area (Å²) in [7, 11) is 0. The van der Waals surface area contributed by atoms with E-state index in [9.17, 15) is 24.1 Å². The number of nitro groups is 1. The number of rotatable bonds is 4. The van der Waals surface area contributed by atoms with Crippen LogP contribution < -0.4 is 10.2 Å². The lowest BCUT2D eigenvalue weighted by Gasteiger charge is -2.17.